The number of fused-ring (bicyclic) bond motifs is 1. The molecule has 10 nitrogen and oxygen atoms in total. The van der Waals surface area contributed by atoms with Gasteiger partial charge in [0.2, 0.25) is 0 Å². The molecule has 3 heterocycles. The lowest BCUT2D eigenvalue weighted by molar-refractivity contribution is -0.139. The van der Waals surface area contributed by atoms with Crippen LogP contribution in [0.5, 0.6) is 11.5 Å². The molecule has 0 radical (unpaired) electrons. The second-order valence-electron chi connectivity index (χ2n) is 12.5. The van der Waals surface area contributed by atoms with Crippen LogP contribution in [-0.4, -0.2) is 70.8 Å². The number of ether oxygens (including phenoxy) is 2. The molecule has 1 unspecified atom stereocenters. The van der Waals surface area contributed by atoms with Gasteiger partial charge in [-0.25, -0.2) is 14.8 Å². The van der Waals surface area contributed by atoms with E-state index in [0.29, 0.717) is 35.8 Å². The molecule has 46 heavy (non-hydrogen) atoms. The van der Waals surface area contributed by atoms with Gasteiger partial charge in [0, 0.05) is 24.5 Å². The Labute approximate surface area is 271 Å². The maximum absolute atomic E-state index is 11.4. The Hall–Kier alpha value is -4.15. The average Bonchev–Trinajstić information content (AvgIpc) is 3.48. The van der Waals surface area contributed by atoms with Crippen LogP contribution in [0.25, 0.3) is 11.0 Å². The van der Waals surface area contributed by atoms with E-state index in [-0.39, 0.29) is 0 Å². The van der Waals surface area contributed by atoms with Gasteiger partial charge in [-0.1, -0.05) is 43.7 Å². The Morgan fingerprint density at radius 2 is 1.87 bits per heavy atom. The van der Waals surface area contributed by atoms with Crippen molar-refractivity contribution in [2.75, 3.05) is 45.2 Å². The molecule has 0 spiro atoms. The van der Waals surface area contributed by atoms with E-state index in [0.717, 1.165) is 68.6 Å². The zero-order valence-electron chi connectivity index (χ0n) is 27.1. The van der Waals surface area contributed by atoms with Gasteiger partial charge in [0.1, 0.15) is 17.8 Å². The number of anilines is 2. The zero-order valence-corrected chi connectivity index (χ0v) is 27.1. The minimum Gasteiger partial charge on any atom is -0.489 e. The van der Waals surface area contributed by atoms with E-state index in [2.05, 4.69) is 61.7 Å². The zero-order chi connectivity index (χ0) is 32.1. The summed E-state index contributed by atoms with van der Waals surface area (Å²) in [5, 5.41) is 16.9. The lowest BCUT2D eigenvalue weighted by atomic mass is 9.97. The lowest BCUT2D eigenvalue weighted by Gasteiger charge is -2.32. The van der Waals surface area contributed by atoms with Gasteiger partial charge in [-0.05, 0) is 100 Å². The van der Waals surface area contributed by atoms with Crippen molar-refractivity contribution in [2.24, 2.45) is 11.8 Å². The molecule has 0 saturated carbocycles. The first kappa shape index (κ1) is 33.2. The predicted molar refractivity (Wildman–Crippen MR) is 182 cm³/mol. The highest BCUT2D eigenvalue weighted by Gasteiger charge is 2.21. The van der Waals surface area contributed by atoms with E-state index in [1.165, 1.54) is 30.4 Å². The SMILES string of the molecule is CNCCCC(C)CCCc1c[nH]c2ncnc(Nc3ccc(OCC4CCN(Cc5ccccc5)CC4)c(OCC(=O)O)c3)c12. The van der Waals surface area contributed by atoms with Crippen LogP contribution in [0.2, 0.25) is 0 Å². The molecule has 4 N–H and O–H groups in total. The van der Waals surface area contributed by atoms with E-state index in [9.17, 15) is 9.90 Å². The van der Waals surface area contributed by atoms with Crippen LogP contribution in [0.3, 0.4) is 0 Å². The van der Waals surface area contributed by atoms with Crippen molar-refractivity contribution >= 4 is 28.5 Å². The largest absolute Gasteiger partial charge is 0.489 e. The first-order chi connectivity index (χ1) is 22.5. The smallest absolute Gasteiger partial charge is 0.341 e. The number of aromatic nitrogens is 3. The Kier molecular flexibility index (Phi) is 12.2. The number of rotatable bonds is 18. The van der Waals surface area contributed by atoms with Gasteiger partial charge in [-0.15, -0.1) is 0 Å². The maximum atomic E-state index is 11.4. The second kappa shape index (κ2) is 17.0. The first-order valence-corrected chi connectivity index (χ1v) is 16.6. The van der Waals surface area contributed by atoms with E-state index in [1.54, 1.807) is 12.4 Å². The molecule has 0 bridgehead atoms. The number of hydrogen-bond acceptors (Lipinski definition) is 8. The molecule has 2 aromatic heterocycles. The number of piperidine rings is 1. The van der Waals surface area contributed by atoms with Crippen molar-refractivity contribution < 1.29 is 19.4 Å². The minimum absolute atomic E-state index is 0.390. The molecule has 246 valence electrons. The van der Waals surface area contributed by atoms with E-state index < -0.39 is 12.6 Å². The number of hydrogen-bond donors (Lipinski definition) is 4. The fraction of sp³-hybridized carbons (Fsp3) is 0.472. The normalized spacial score (nSPS) is 14.7. The van der Waals surface area contributed by atoms with Crippen LogP contribution in [0.15, 0.2) is 61.1 Å². The third kappa shape index (κ3) is 9.67. The topological polar surface area (TPSA) is 125 Å². The number of nitrogens with one attached hydrogen (secondary N) is 3. The number of H-pyrrole nitrogens is 1. The highest BCUT2D eigenvalue weighted by molar-refractivity contribution is 5.92. The molecular formula is C36H48N6O4. The third-order valence-electron chi connectivity index (χ3n) is 8.81. The summed E-state index contributed by atoms with van der Waals surface area (Å²) < 4.78 is 11.9. The number of nitrogens with zero attached hydrogens (tertiary/aromatic N) is 3. The number of likely N-dealkylation sites (tertiary alicyclic amines) is 1. The molecule has 5 rings (SSSR count). The van der Waals surface area contributed by atoms with Crippen LogP contribution >= 0.6 is 0 Å². The van der Waals surface area contributed by atoms with Crippen molar-refractivity contribution in [1.82, 2.24) is 25.2 Å². The predicted octanol–water partition coefficient (Wildman–Crippen LogP) is 6.41. The van der Waals surface area contributed by atoms with Crippen molar-refractivity contribution in [3.63, 3.8) is 0 Å². The standard InChI is InChI=1S/C36H48N6O4/c1-26(9-7-17-37-2)8-6-12-29-21-38-35-34(29)36(40-25-39-35)41-30-13-14-31(32(20-30)46-24-33(43)44)45-23-28-15-18-42(19-16-28)22-27-10-4-3-5-11-27/h3-5,10-11,13-14,20-21,25-26,28,37H,6-9,12,15-19,22-24H2,1-2H3,(H,43,44)(H2,38,39,40,41). The Morgan fingerprint density at radius 1 is 1.07 bits per heavy atom. The van der Waals surface area contributed by atoms with Crippen LogP contribution in [0.1, 0.15) is 56.6 Å². The van der Waals surface area contributed by atoms with Gasteiger partial charge < -0.3 is 30.2 Å². The van der Waals surface area contributed by atoms with Gasteiger partial charge in [0.25, 0.3) is 0 Å². The number of aliphatic carboxylic acids is 1. The number of aryl methyl sites for hydroxylation is 1. The molecule has 1 aliphatic rings. The second-order valence-corrected chi connectivity index (χ2v) is 12.5. The number of aromatic amines is 1. The molecule has 1 atom stereocenters. The van der Waals surface area contributed by atoms with Crippen molar-refractivity contribution in [2.45, 2.75) is 58.4 Å². The Morgan fingerprint density at radius 3 is 2.65 bits per heavy atom. The van der Waals surface area contributed by atoms with Gasteiger partial charge >= 0.3 is 5.97 Å². The summed E-state index contributed by atoms with van der Waals surface area (Å²) in [5.41, 5.74) is 4.03. The molecule has 10 heteroatoms. The summed E-state index contributed by atoms with van der Waals surface area (Å²) in [6.45, 7) is 6.51. The van der Waals surface area contributed by atoms with E-state index in [4.69, 9.17) is 9.47 Å². The molecule has 2 aromatic carbocycles. The Bertz CT molecular complexity index is 1520. The molecule has 1 saturated heterocycles. The first-order valence-electron chi connectivity index (χ1n) is 16.6. The summed E-state index contributed by atoms with van der Waals surface area (Å²) in [4.78, 5) is 26.2. The van der Waals surface area contributed by atoms with Crippen LogP contribution < -0.4 is 20.1 Å². The number of carboxylic acid groups (broad SMARTS) is 1. The van der Waals surface area contributed by atoms with Crippen molar-refractivity contribution in [3.8, 4) is 11.5 Å². The molecular weight excluding hydrogens is 580 g/mol. The van der Waals surface area contributed by atoms with Crippen LogP contribution in [-0.2, 0) is 17.8 Å². The van der Waals surface area contributed by atoms with Gasteiger partial charge in [0.15, 0.2) is 18.1 Å². The number of carboxylic acids is 1. The molecule has 1 fully saturated rings. The van der Waals surface area contributed by atoms with Gasteiger partial charge in [0.05, 0.1) is 12.0 Å². The fourth-order valence-corrected chi connectivity index (χ4v) is 6.19. The molecule has 1 aliphatic heterocycles. The third-order valence-corrected chi connectivity index (χ3v) is 8.81. The Balaban J connectivity index is 1.21. The maximum Gasteiger partial charge on any atom is 0.341 e. The lowest BCUT2D eigenvalue weighted by Crippen LogP contribution is -2.35. The summed E-state index contributed by atoms with van der Waals surface area (Å²) in [5.74, 6) is 1.70. The highest BCUT2D eigenvalue weighted by Crippen LogP contribution is 2.34. The van der Waals surface area contributed by atoms with E-state index >= 15 is 0 Å². The summed E-state index contributed by atoms with van der Waals surface area (Å²) >= 11 is 0. The summed E-state index contributed by atoms with van der Waals surface area (Å²) in [7, 11) is 2.00. The van der Waals surface area contributed by atoms with Crippen molar-refractivity contribution in [1.29, 1.82) is 0 Å². The van der Waals surface area contributed by atoms with Gasteiger partial charge in [-0.2, -0.15) is 0 Å². The summed E-state index contributed by atoms with van der Waals surface area (Å²) in [6, 6.07) is 16.1. The number of benzene rings is 2. The molecule has 0 aliphatic carbocycles. The fourth-order valence-electron chi connectivity index (χ4n) is 6.19. The number of carbonyl (C=O) groups is 1. The molecule has 0 amide bonds. The van der Waals surface area contributed by atoms with Crippen molar-refractivity contribution in [3.05, 3.63) is 72.2 Å². The van der Waals surface area contributed by atoms with Crippen LogP contribution in [0.4, 0.5) is 11.5 Å². The summed E-state index contributed by atoms with van der Waals surface area (Å²) in [6.07, 6.45) is 11.3. The monoisotopic (exact) mass is 628 g/mol. The highest BCUT2D eigenvalue weighted by atomic mass is 16.5. The van der Waals surface area contributed by atoms with Gasteiger partial charge in [-0.3, -0.25) is 4.90 Å². The minimum atomic E-state index is -1.04. The quantitative estimate of drug-likeness (QED) is 0.0925. The van der Waals surface area contributed by atoms with E-state index in [1.807, 2.05) is 31.4 Å². The van der Waals surface area contributed by atoms with Crippen LogP contribution in [0, 0.1) is 11.8 Å². The molecule has 4 aromatic rings. The average molecular weight is 629 g/mol.